The lowest BCUT2D eigenvalue weighted by Gasteiger charge is -2.40. The van der Waals surface area contributed by atoms with Crippen LogP contribution in [-0.4, -0.2) is 64.2 Å². The van der Waals surface area contributed by atoms with Gasteiger partial charge in [0.15, 0.2) is 12.4 Å². The third-order valence-corrected chi connectivity index (χ3v) is 5.29. The highest BCUT2D eigenvalue weighted by Gasteiger charge is 2.39. The van der Waals surface area contributed by atoms with Crippen molar-refractivity contribution < 1.29 is 19.4 Å². The van der Waals surface area contributed by atoms with Gasteiger partial charge in [0.2, 0.25) is 0 Å². The molecule has 2 fully saturated rings. The Morgan fingerprint density at radius 1 is 1.42 bits per heavy atom. The van der Waals surface area contributed by atoms with Crippen LogP contribution >= 0.6 is 0 Å². The fourth-order valence-electron chi connectivity index (χ4n) is 3.89. The summed E-state index contributed by atoms with van der Waals surface area (Å²) in [6.45, 7) is 5.38. The van der Waals surface area contributed by atoms with Gasteiger partial charge in [0, 0.05) is 19.5 Å². The van der Waals surface area contributed by atoms with Gasteiger partial charge < -0.3 is 19.5 Å². The molecule has 24 heavy (non-hydrogen) atoms. The van der Waals surface area contributed by atoms with Crippen molar-refractivity contribution in [3.63, 3.8) is 0 Å². The van der Waals surface area contributed by atoms with Crippen LogP contribution in [0.25, 0.3) is 0 Å². The summed E-state index contributed by atoms with van der Waals surface area (Å²) in [6, 6.07) is -0.0524. The number of amides is 1. The second-order valence-electron chi connectivity index (χ2n) is 6.80. The highest BCUT2D eigenvalue weighted by molar-refractivity contribution is 5.78. The topological polar surface area (TPSA) is 76.8 Å². The molecule has 0 radical (unpaired) electrons. The molecule has 3 unspecified atom stereocenters. The molecule has 1 saturated carbocycles. The minimum absolute atomic E-state index is 0.00725. The molecule has 0 bridgehead atoms. The maximum Gasteiger partial charge on any atom is 0.260 e. The number of rotatable bonds is 4. The smallest absolute Gasteiger partial charge is 0.260 e. The third-order valence-electron chi connectivity index (χ3n) is 5.29. The standard InChI is InChI=1S/C17H27N3O4/c1-11-17(12(2)19(3)18-11)24-10-16(22)20-7-8-23-9-14(20)13-5-4-6-15(13)21/h13-15,21H,4-10H2,1-3H3. The van der Waals surface area contributed by atoms with Crippen LogP contribution in [-0.2, 0) is 16.6 Å². The average molecular weight is 337 g/mol. The van der Waals surface area contributed by atoms with E-state index >= 15 is 0 Å². The minimum Gasteiger partial charge on any atom is -0.480 e. The molecule has 1 aromatic rings. The molecule has 7 heteroatoms. The average Bonchev–Trinajstić information content (AvgIpc) is 3.09. The van der Waals surface area contributed by atoms with Crippen LogP contribution in [0, 0.1) is 19.8 Å². The Bertz CT molecular complexity index is 601. The summed E-state index contributed by atoms with van der Waals surface area (Å²) in [7, 11) is 1.86. The molecule has 2 heterocycles. The third kappa shape index (κ3) is 3.28. The van der Waals surface area contributed by atoms with Crippen molar-refractivity contribution in [2.45, 2.75) is 45.3 Å². The first-order chi connectivity index (χ1) is 11.5. The first-order valence-corrected chi connectivity index (χ1v) is 8.67. The quantitative estimate of drug-likeness (QED) is 0.880. The predicted molar refractivity (Wildman–Crippen MR) is 87.8 cm³/mol. The van der Waals surface area contributed by atoms with Crippen molar-refractivity contribution in [2.75, 3.05) is 26.4 Å². The van der Waals surface area contributed by atoms with Gasteiger partial charge in [-0.3, -0.25) is 9.48 Å². The summed E-state index contributed by atoms with van der Waals surface area (Å²) >= 11 is 0. The van der Waals surface area contributed by atoms with E-state index in [2.05, 4.69) is 5.10 Å². The van der Waals surface area contributed by atoms with Crippen LogP contribution in [0.1, 0.15) is 30.7 Å². The number of ether oxygens (including phenoxy) is 2. The van der Waals surface area contributed by atoms with Crippen molar-refractivity contribution in [1.29, 1.82) is 0 Å². The van der Waals surface area contributed by atoms with E-state index in [4.69, 9.17) is 9.47 Å². The van der Waals surface area contributed by atoms with E-state index in [-0.39, 0.29) is 30.6 Å². The lowest BCUT2D eigenvalue weighted by Crippen LogP contribution is -2.54. The van der Waals surface area contributed by atoms with Gasteiger partial charge in [0.05, 0.1) is 31.1 Å². The van der Waals surface area contributed by atoms with Crippen molar-refractivity contribution in [3.8, 4) is 5.75 Å². The fourth-order valence-corrected chi connectivity index (χ4v) is 3.89. The van der Waals surface area contributed by atoms with E-state index in [0.29, 0.717) is 25.5 Å². The Morgan fingerprint density at radius 2 is 2.21 bits per heavy atom. The highest BCUT2D eigenvalue weighted by Crippen LogP contribution is 2.32. The van der Waals surface area contributed by atoms with Crippen molar-refractivity contribution >= 4 is 5.91 Å². The second-order valence-corrected chi connectivity index (χ2v) is 6.80. The number of nitrogens with zero attached hydrogens (tertiary/aromatic N) is 3. The Labute approximate surface area is 142 Å². The first kappa shape index (κ1) is 17.2. The van der Waals surface area contributed by atoms with Crippen molar-refractivity contribution in [3.05, 3.63) is 11.4 Å². The minimum atomic E-state index is -0.337. The molecule has 1 aromatic heterocycles. The lowest BCUT2D eigenvalue weighted by atomic mass is 9.94. The lowest BCUT2D eigenvalue weighted by molar-refractivity contribution is -0.146. The zero-order valence-corrected chi connectivity index (χ0v) is 14.7. The number of morpholine rings is 1. The van der Waals surface area contributed by atoms with Gasteiger partial charge in [-0.05, 0) is 26.7 Å². The van der Waals surface area contributed by atoms with Gasteiger partial charge in [-0.25, -0.2) is 0 Å². The predicted octanol–water partition coefficient (Wildman–Crippen LogP) is 0.804. The molecule has 1 saturated heterocycles. The van der Waals surface area contributed by atoms with Crippen LogP contribution in [0.4, 0.5) is 0 Å². The Balaban J connectivity index is 1.66. The molecule has 0 spiro atoms. The van der Waals surface area contributed by atoms with Crippen LogP contribution in [0.5, 0.6) is 5.75 Å². The van der Waals surface area contributed by atoms with E-state index in [1.807, 2.05) is 25.8 Å². The van der Waals surface area contributed by atoms with Crippen LogP contribution in [0.3, 0.4) is 0 Å². The maximum atomic E-state index is 12.7. The van der Waals surface area contributed by atoms with Gasteiger partial charge >= 0.3 is 0 Å². The molecule has 1 aliphatic heterocycles. The number of carbonyl (C=O) groups excluding carboxylic acids is 1. The van der Waals surface area contributed by atoms with E-state index < -0.39 is 0 Å². The van der Waals surface area contributed by atoms with Gasteiger partial charge in [-0.1, -0.05) is 6.42 Å². The number of aliphatic hydroxyl groups excluding tert-OH is 1. The van der Waals surface area contributed by atoms with Gasteiger partial charge in [0.25, 0.3) is 5.91 Å². The number of hydrogen-bond donors (Lipinski definition) is 1. The molecule has 2 aliphatic rings. The van der Waals surface area contributed by atoms with E-state index in [1.54, 1.807) is 4.68 Å². The van der Waals surface area contributed by atoms with Crippen LogP contribution in [0.2, 0.25) is 0 Å². The van der Waals surface area contributed by atoms with E-state index in [0.717, 1.165) is 30.7 Å². The molecule has 1 aliphatic carbocycles. The monoisotopic (exact) mass is 337 g/mol. The summed E-state index contributed by atoms with van der Waals surface area (Å²) in [5.41, 5.74) is 1.69. The first-order valence-electron chi connectivity index (χ1n) is 8.67. The summed E-state index contributed by atoms with van der Waals surface area (Å²) in [4.78, 5) is 14.5. The van der Waals surface area contributed by atoms with Crippen LogP contribution in [0.15, 0.2) is 0 Å². The van der Waals surface area contributed by atoms with Crippen molar-refractivity contribution in [1.82, 2.24) is 14.7 Å². The molecule has 3 atom stereocenters. The summed E-state index contributed by atoms with van der Waals surface area (Å²) < 4.78 is 13.1. The number of aryl methyl sites for hydroxylation is 2. The molecule has 0 aromatic carbocycles. The van der Waals surface area contributed by atoms with Crippen molar-refractivity contribution in [2.24, 2.45) is 13.0 Å². The largest absolute Gasteiger partial charge is 0.480 e. The number of hydrogen-bond acceptors (Lipinski definition) is 5. The Hall–Kier alpha value is -1.60. The molecule has 3 rings (SSSR count). The zero-order valence-electron chi connectivity index (χ0n) is 14.7. The van der Waals surface area contributed by atoms with Gasteiger partial charge in [0.1, 0.15) is 5.69 Å². The number of aromatic nitrogens is 2. The summed E-state index contributed by atoms with van der Waals surface area (Å²) in [6.07, 6.45) is 2.43. The maximum absolute atomic E-state index is 12.7. The van der Waals surface area contributed by atoms with E-state index in [1.165, 1.54) is 0 Å². The number of aliphatic hydroxyl groups is 1. The number of carbonyl (C=O) groups is 1. The highest BCUT2D eigenvalue weighted by atomic mass is 16.5. The molecule has 1 N–H and O–H groups in total. The van der Waals surface area contributed by atoms with Crippen LogP contribution < -0.4 is 4.74 Å². The summed E-state index contributed by atoms with van der Waals surface area (Å²) in [5, 5.41) is 14.5. The summed E-state index contributed by atoms with van der Waals surface area (Å²) in [5.74, 6) is 0.734. The van der Waals surface area contributed by atoms with Gasteiger partial charge in [-0.15, -0.1) is 0 Å². The molecule has 1 amide bonds. The van der Waals surface area contributed by atoms with E-state index in [9.17, 15) is 9.90 Å². The fraction of sp³-hybridized carbons (Fsp3) is 0.765. The Morgan fingerprint density at radius 3 is 2.83 bits per heavy atom. The SMILES string of the molecule is Cc1nn(C)c(C)c1OCC(=O)N1CCOCC1C1CCCC1O. The zero-order chi connectivity index (χ0) is 17.3. The molecular weight excluding hydrogens is 310 g/mol. The Kier molecular flexibility index (Phi) is 5.10. The second kappa shape index (κ2) is 7.11. The molecule has 134 valence electrons. The van der Waals surface area contributed by atoms with Gasteiger partial charge in [-0.2, -0.15) is 5.10 Å². The molecular formula is C17H27N3O4. The normalized spacial score (nSPS) is 27.5. The molecule has 7 nitrogen and oxygen atoms in total.